The Hall–Kier alpha value is -1.16. The van der Waals surface area contributed by atoms with Crippen LogP contribution in [0.3, 0.4) is 0 Å². The zero-order chi connectivity index (χ0) is 14.3. The SMILES string of the molecule is CCOC1CC(Nc2cc(F)c(C)cc2F)C12CCC2. The third-order valence-corrected chi connectivity index (χ3v) is 5.02. The Morgan fingerprint density at radius 2 is 2.05 bits per heavy atom. The quantitative estimate of drug-likeness (QED) is 0.899. The van der Waals surface area contributed by atoms with Crippen LogP contribution in [0.25, 0.3) is 0 Å². The smallest absolute Gasteiger partial charge is 0.146 e. The van der Waals surface area contributed by atoms with E-state index in [1.807, 2.05) is 6.92 Å². The summed E-state index contributed by atoms with van der Waals surface area (Å²) in [6.45, 7) is 4.29. The number of aryl methyl sites for hydroxylation is 1. The van der Waals surface area contributed by atoms with Crippen LogP contribution < -0.4 is 5.32 Å². The number of rotatable bonds is 4. The van der Waals surface area contributed by atoms with Crippen molar-refractivity contribution in [2.24, 2.45) is 5.41 Å². The Labute approximate surface area is 118 Å². The van der Waals surface area contributed by atoms with Gasteiger partial charge in [0.2, 0.25) is 0 Å². The maximum atomic E-state index is 13.9. The van der Waals surface area contributed by atoms with Crippen LogP contribution in [-0.2, 0) is 4.74 Å². The van der Waals surface area contributed by atoms with E-state index in [-0.39, 0.29) is 34.9 Å². The molecule has 110 valence electrons. The molecule has 20 heavy (non-hydrogen) atoms. The summed E-state index contributed by atoms with van der Waals surface area (Å²) in [6, 6.07) is 2.72. The first-order chi connectivity index (χ1) is 9.56. The molecule has 0 heterocycles. The summed E-state index contributed by atoms with van der Waals surface area (Å²) in [5.74, 6) is -0.740. The number of nitrogens with one attached hydrogen (secondary N) is 1. The lowest BCUT2D eigenvalue weighted by Crippen LogP contribution is -2.64. The highest BCUT2D eigenvalue weighted by molar-refractivity contribution is 5.49. The molecule has 2 unspecified atom stereocenters. The van der Waals surface area contributed by atoms with Crippen molar-refractivity contribution in [1.82, 2.24) is 0 Å². The van der Waals surface area contributed by atoms with E-state index in [9.17, 15) is 8.78 Å². The molecule has 0 radical (unpaired) electrons. The molecular weight excluding hydrogens is 260 g/mol. The third-order valence-electron chi connectivity index (χ3n) is 5.02. The topological polar surface area (TPSA) is 21.3 Å². The van der Waals surface area contributed by atoms with Crippen LogP contribution >= 0.6 is 0 Å². The molecule has 2 atom stereocenters. The van der Waals surface area contributed by atoms with Gasteiger partial charge in [0.1, 0.15) is 11.6 Å². The molecule has 2 aliphatic rings. The van der Waals surface area contributed by atoms with Gasteiger partial charge >= 0.3 is 0 Å². The van der Waals surface area contributed by atoms with Crippen LogP contribution in [0.1, 0.15) is 38.2 Å². The number of anilines is 1. The first kappa shape index (κ1) is 13.8. The number of hydrogen-bond donors (Lipinski definition) is 1. The minimum Gasteiger partial charge on any atom is -0.379 e. The second-order valence-electron chi connectivity index (χ2n) is 6.04. The Balaban J connectivity index is 1.74. The monoisotopic (exact) mass is 281 g/mol. The van der Waals surface area contributed by atoms with Crippen molar-refractivity contribution in [2.45, 2.75) is 51.7 Å². The average molecular weight is 281 g/mol. The van der Waals surface area contributed by atoms with Crippen molar-refractivity contribution in [2.75, 3.05) is 11.9 Å². The average Bonchev–Trinajstić information content (AvgIpc) is 2.32. The molecule has 2 nitrogen and oxygen atoms in total. The predicted molar refractivity (Wildman–Crippen MR) is 74.8 cm³/mol. The number of halogens is 2. The van der Waals surface area contributed by atoms with Crippen LogP contribution in [-0.4, -0.2) is 18.8 Å². The fourth-order valence-electron chi connectivity index (χ4n) is 3.59. The maximum absolute atomic E-state index is 13.9. The Morgan fingerprint density at radius 3 is 2.65 bits per heavy atom. The fraction of sp³-hybridized carbons (Fsp3) is 0.625. The van der Waals surface area contributed by atoms with Gasteiger partial charge in [0.15, 0.2) is 0 Å². The Kier molecular flexibility index (Phi) is 3.44. The lowest BCUT2D eigenvalue weighted by molar-refractivity contribution is -0.157. The molecule has 2 aliphatic carbocycles. The summed E-state index contributed by atoms with van der Waals surface area (Å²) in [7, 11) is 0. The van der Waals surface area contributed by atoms with E-state index in [0.29, 0.717) is 12.2 Å². The first-order valence-corrected chi connectivity index (χ1v) is 7.40. The fourth-order valence-corrected chi connectivity index (χ4v) is 3.59. The van der Waals surface area contributed by atoms with E-state index in [0.717, 1.165) is 19.3 Å². The molecule has 0 bridgehead atoms. The predicted octanol–water partition coefficient (Wildman–Crippen LogP) is 4.03. The minimum absolute atomic E-state index is 0.143. The van der Waals surface area contributed by atoms with Crippen molar-refractivity contribution in [3.8, 4) is 0 Å². The molecule has 1 aromatic carbocycles. The summed E-state index contributed by atoms with van der Waals surface area (Å²) in [6.07, 6.45) is 4.59. The second kappa shape index (κ2) is 4.99. The summed E-state index contributed by atoms with van der Waals surface area (Å²) < 4.78 is 33.3. The second-order valence-corrected chi connectivity index (χ2v) is 6.04. The highest BCUT2D eigenvalue weighted by Crippen LogP contribution is 2.58. The van der Waals surface area contributed by atoms with E-state index >= 15 is 0 Å². The van der Waals surface area contributed by atoms with E-state index in [1.54, 1.807) is 6.92 Å². The van der Waals surface area contributed by atoms with Crippen molar-refractivity contribution >= 4 is 5.69 Å². The van der Waals surface area contributed by atoms with Crippen LogP contribution in [0.15, 0.2) is 12.1 Å². The van der Waals surface area contributed by atoms with Crippen LogP contribution in [0, 0.1) is 24.0 Å². The van der Waals surface area contributed by atoms with Gasteiger partial charge in [-0.2, -0.15) is 0 Å². The molecule has 1 aromatic rings. The summed E-state index contributed by atoms with van der Waals surface area (Å²) in [5.41, 5.74) is 0.760. The van der Waals surface area contributed by atoms with Gasteiger partial charge in [-0.25, -0.2) is 8.78 Å². The zero-order valence-electron chi connectivity index (χ0n) is 12.0. The minimum atomic E-state index is -0.377. The molecule has 0 saturated heterocycles. The number of ether oxygens (including phenoxy) is 1. The lowest BCUT2D eigenvalue weighted by atomic mass is 9.51. The summed E-state index contributed by atoms with van der Waals surface area (Å²) in [5, 5.41) is 3.20. The van der Waals surface area contributed by atoms with Crippen molar-refractivity contribution < 1.29 is 13.5 Å². The molecule has 0 aromatic heterocycles. The summed E-state index contributed by atoms with van der Waals surface area (Å²) >= 11 is 0. The van der Waals surface area contributed by atoms with Crippen LogP contribution in [0.4, 0.5) is 14.5 Å². The van der Waals surface area contributed by atoms with Crippen LogP contribution in [0.5, 0.6) is 0 Å². The van der Waals surface area contributed by atoms with Gasteiger partial charge < -0.3 is 10.1 Å². The standard InChI is InChI=1S/C16H21F2NO/c1-3-20-15-9-14(16(15)5-4-6-16)19-13-8-11(17)10(2)7-12(13)18/h7-8,14-15,19H,3-6,9H2,1-2H3. The van der Waals surface area contributed by atoms with Crippen molar-refractivity contribution in [1.29, 1.82) is 0 Å². The van der Waals surface area contributed by atoms with Gasteiger partial charge in [0.05, 0.1) is 11.8 Å². The zero-order valence-corrected chi connectivity index (χ0v) is 12.0. The van der Waals surface area contributed by atoms with Gasteiger partial charge in [0.25, 0.3) is 0 Å². The van der Waals surface area contributed by atoms with E-state index in [1.165, 1.54) is 18.6 Å². The van der Waals surface area contributed by atoms with Gasteiger partial charge in [0, 0.05) is 24.1 Å². The molecule has 0 amide bonds. The molecule has 4 heteroatoms. The molecule has 3 rings (SSSR count). The molecule has 1 N–H and O–H groups in total. The largest absolute Gasteiger partial charge is 0.379 e. The van der Waals surface area contributed by atoms with Crippen molar-refractivity contribution in [3.63, 3.8) is 0 Å². The third kappa shape index (κ3) is 2.01. The first-order valence-electron chi connectivity index (χ1n) is 7.40. The summed E-state index contributed by atoms with van der Waals surface area (Å²) in [4.78, 5) is 0. The van der Waals surface area contributed by atoms with Gasteiger partial charge in [-0.3, -0.25) is 0 Å². The highest BCUT2D eigenvalue weighted by Gasteiger charge is 2.59. The van der Waals surface area contributed by atoms with Gasteiger partial charge in [-0.15, -0.1) is 0 Å². The number of hydrogen-bond acceptors (Lipinski definition) is 2. The lowest BCUT2D eigenvalue weighted by Gasteiger charge is -2.61. The van der Waals surface area contributed by atoms with E-state index < -0.39 is 0 Å². The molecule has 1 spiro atoms. The molecular formula is C16H21F2NO. The normalized spacial score (nSPS) is 27.0. The van der Waals surface area contributed by atoms with Gasteiger partial charge in [-0.1, -0.05) is 6.42 Å². The van der Waals surface area contributed by atoms with E-state index in [4.69, 9.17) is 4.74 Å². The molecule has 0 aliphatic heterocycles. The van der Waals surface area contributed by atoms with Crippen LogP contribution in [0.2, 0.25) is 0 Å². The molecule has 2 saturated carbocycles. The Morgan fingerprint density at radius 1 is 1.30 bits per heavy atom. The van der Waals surface area contributed by atoms with Gasteiger partial charge in [-0.05, 0) is 44.7 Å². The number of benzene rings is 1. The Bertz CT molecular complexity index is 513. The van der Waals surface area contributed by atoms with Crippen molar-refractivity contribution in [3.05, 3.63) is 29.3 Å². The maximum Gasteiger partial charge on any atom is 0.146 e. The molecule has 2 fully saturated rings. The van der Waals surface area contributed by atoms with E-state index in [2.05, 4.69) is 5.32 Å². The highest BCUT2D eigenvalue weighted by atomic mass is 19.1.